The van der Waals surface area contributed by atoms with Gasteiger partial charge < -0.3 is 5.32 Å². The molecule has 132 valence electrons. The molecule has 1 amide bonds. The summed E-state index contributed by atoms with van der Waals surface area (Å²) in [6, 6.07) is 14.8. The van der Waals surface area contributed by atoms with Gasteiger partial charge >= 0.3 is 0 Å². The number of piperazine rings is 1. The molecule has 2 heterocycles. The Morgan fingerprint density at radius 2 is 1.84 bits per heavy atom. The van der Waals surface area contributed by atoms with Gasteiger partial charge in [0.2, 0.25) is 5.91 Å². The molecule has 1 aromatic carbocycles. The molecule has 2 fully saturated rings. The van der Waals surface area contributed by atoms with Gasteiger partial charge in [-0.05, 0) is 29.9 Å². The minimum atomic E-state index is -0.161. The Kier molecular flexibility index (Phi) is 5.15. The first-order chi connectivity index (χ1) is 12.3. The molecule has 4 nitrogen and oxygen atoms in total. The summed E-state index contributed by atoms with van der Waals surface area (Å²) in [5, 5.41) is 5.34. The number of hydrogen-bond acceptors (Lipinski definition) is 4. The van der Waals surface area contributed by atoms with Gasteiger partial charge in [-0.3, -0.25) is 14.6 Å². The molecule has 2 aromatic rings. The highest BCUT2D eigenvalue weighted by atomic mass is 32.1. The monoisotopic (exact) mass is 355 g/mol. The molecule has 1 aliphatic heterocycles. The topological polar surface area (TPSA) is 35.6 Å². The van der Waals surface area contributed by atoms with Crippen molar-refractivity contribution in [3.05, 3.63) is 58.3 Å². The zero-order valence-corrected chi connectivity index (χ0v) is 15.3. The predicted octanol–water partition coefficient (Wildman–Crippen LogP) is 2.89. The van der Waals surface area contributed by atoms with E-state index in [1.165, 1.54) is 4.88 Å². The molecular weight excluding hydrogens is 330 g/mol. The lowest BCUT2D eigenvalue weighted by molar-refractivity contribution is -0.127. The van der Waals surface area contributed by atoms with Gasteiger partial charge in [0.25, 0.3) is 0 Å². The van der Waals surface area contributed by atoms with Gasteiger partial charge in [0.05, 0.1) is 0 Å². The van der Waals surface area contributed by atoms with E-state index in [-0.39, 0.29) is 11.9 Å². The molecule has 1 aromatic heterocycles. The van der Waals surface area contributed by atoms with Gasteiger partial charge in [-0.25, -0.2) is 0 Å². The molecule has 1 atom stereocenters. The minimum absolute atomic E-state index is 0.161. The van der Waals surface area contributed by atoms with E-state index in [9.17, 15) is 4.79 Å². The van der Waals surface area contributed by atoms with Gasteiger partial charge in [0, 0.05) is 43.6 Å². The van der Waals surface area contributed by atoms with E-state index in [4.69, 9.17) is 0 Å². The van der Waals surface area contributed by atoms with Crippen LogP contribution in [0.2, 0.25) is 0 Å². The van der Waals surface area contributed by atoms with Crippen molar-refractivity contribution in [1.29, 1.82) is 0 Å². The van der Waals surface area contributed by atoms with Crippen molar-refractivity contribution in [3.63, 3.8) is 0 Å². The number of nitrogens with one attached hydrogen (secondary N) is 1. The molecular formula is C20H25N3OS. The number of benzene rings is 1. The van der Waals surface area contributed by atoms with Crippen LogP contribution in [0.3, 0.4) is 0 Å². The normalized spacial score (nSPS) is 20.3. The van der Waals surface area contributed by atoms with Crippen LogP contribution < -0.4 is 5.32 Å². The fourth-order valence-electron chi connectivity index (χ4n) is 3.47. The Balaban J connectivity index is 1.42. The zero-order valence-electron chi connectivity index (χ0n) is 14.4. The van der Waals surface area contributed by atoms with Gasteiger partial charge in [-0.1, -0.05) is 36.4 Å². The molecule has 0 radical (unpaired) electrons. The average Bonchev–Trinajstić information content (AvgIpc) is 3.30. The van der Waals surface area contributed by atoms with E-state index in [0.29, 0.717) is 6.04 Å². The molecule has 5 heteroatoms. The lowest BCUT2D eigenvalue weighted by Gasteiger charge is -2.38. The van der Waals surface area contributed by atoms with Crippen LogP contribution in [0.1, 0.15) is 29.3 Å². The number of thiophene rings is 1. The Hall–Kier alpha value is -1.69. The fraction of sp³-hybridized carbons (Fsp3) is 0.450. The summed E-state index contributed by atoms with van der Waals surface area (Å²) in [5.74, 6) is 0.167. The highest BCUT2D eigenvalue weighted by Gasteiger charge is 2.33. The van der Waals surface area contributed by atoms with Crippen LogP contribution in [0.4, 0.5) is 0 Å². The second-order valence-corrected chi connectivity index (χ2v) is 8.02. The first kappa shape index (κ1) is 16.8. The van der Waals surface area contributed by atoms with E-state index in [1.807, 2.05) is 29.5 Å². The highest BCUT2D eigenvalue weighted by Crippen LogP contribution is 2.26. The maximum absolute atomic E-state index is 12.9. The summed E-state index contributed by atoms with van der Waals surface area (Å²) in [6.07, 6.45) is 2.25. The quantitative estimate of drug-likeness (QED) is 0.865. The molecule has 1 unspecified atom stereocenters. The summed E-state index contributed by atoms with van der Waals surface area (Å²) in [5.41, 5.74) is 1.10. The molecule has 1 saturated heterocycles. The second kappa shape index (κ2) is 7.68. The van der Waals surface area contributed by atoms with Crippen LogP contribution in [0.5, 0.6) is 0 Å². The zero-order chi connectivity index (χ0) is 17.1. The van der Waals surface area contributed by atoms with Crippen molar-refractivity contribution in [2.24, 2.45) is 0 Å². The summed E-state index contributed by atoms with van der Waals surface area (Å²) < 4.78 is 0. The van der Waals surface area contributed by atoms with Crippen LogP contribution in [-0.2, 0) is 11.3 Å². The third-order valence-corrected chi connectivity index (χ3v) is 5.88. The second-order valence-electron chi connectivity index (χ2n) is 6.99. The number of amides is 1. The van der Waals surface area contributed by atoms with E-state index in [2.05, 4.69) is 44.8 Å². The number of hydrogen-bond donors (Lipinski definition) is 1. The summed E-state index contributed by atoms with van der Waals surface area (Å²) in [4.78, 5) is 19.1. The first-order valence-corrected chi connectivity index (χ1v) is 10.0. The lowest BCUT2D eigenvalue weighted by atomic mass is 10.0. The lowest BCUT2D eigenvalue weighted by Crippen LogP contribution is -2.50. The van der Waals surface area contributed by atoms with E-state index < -0.39 is 0 Å². The number of rotatable bonds is 6. The standard InChI is InChI=1S/C20H25N3OS/c24-20(21-17-8-9-17)19(16-5-2-1-3-6-16)23-12-10-22(11-13-23)15-18-7-4-14-25-18/h1-7,14,17,19H,8-13,15H2,(H,21,24). The summed E-state index contributed by atoms with van der Waals surface area (Å²) >= 11 is 1.82. The van der Waals surface area contributed by atoms with Crippen molar-refractivity contribution >= 4 is 17.2 Å². The first-order valence-electron chi connectivity index (χ1n) is 9.14. The van der Waals surface area contributed by atoms with Crippen LogP contribution >= 0.6 is 11.3 Å². The molecule has 1 saturated carbocycles. The van der Waals surface area contributed by atoms with Gasteiger partial charge in [-0.15, -0.1) is 11.3 Å². The third kappa shape index (κ3) is 4.29. The molecule has 0 bridgehead atoms. The Labute approximate surface area is 153 Å². The van der Waals surface area contributed by atoms with Crippen molar-refractivity contribution < 1.29 is 4.79 Å². The van der Waals surface area contributed by atoms with Gasteiger partial charge in [0.15, 0.2) is 0 Å². The van der Waals surface area contributed by atoms with Crippen LogP contribution in [0.15, 0.2) is 47.8 Å². The molecule has 0 spiro atoms. The van der Waals surface area contributed by atoms with Crippen molar-refractivity contribution in [2.45, 2.75) is 31.5 Å². The molecule has 25 heavy (non-hydrogen) atoms. The Morgan fingerprint density at radius 3 is 2.48 bits per heavy atom. The fourth-order valence-corrected chi connectivity index (χ4v) is 4.22. The van der Waals surface area contributed by atoms with Crippen LogP contribution in [-0.4, -0.2) is 47.9 Å². The predicted molar refractivity (Wildman–Crippen MR) is 102 cm³/mol. The maximum Gasteiger partial charge on any atom is 0.242 e. The van der Waals surface area contributed by atoms with E-state index >= 15 is 0 Å². The van der Waals surface area contributed by atoms with Crippen molar-refractivity contribution in [1.82, 2.24) is 15.1 Å². The number of carbonyl (C=O) groups is 1. The van der Waals surface area contributed by atoms with Gasteiger partial charge in [0.1, 0.15) is 6.04 Å². The van der Waals surface area contributed by atoms with Crippen LogP contribution in [0, 0.1) is 0 Å². The molecule has 1 N–H and O–H groups in total. The molecule has 2 aliphatic rings. The Bertz CT molecular complexity index is 676. The van der Waals surface area contributed by atoms with E-state index in [1.54, 1.807) is 0 Å². The molecule has 4 rings (SSSR count). The van der Waals surface area contributed by atoms with Crippen molar-refractivity contribution in [2.75, 3.05) is 26.2 Å². The van der Waals surface area contributed by atoms with Crippen molar-refractivity contribution in [3.8, 4) is 0 Å². The average molecular weight is 356 g/mol. The van der Waals surface area contributed by atoms with E-state index in [0.717, 1.165) is 51.1 Å². The summed E-state index contributed by atoms with van der Waals surface area (Å²) in [6.45, 7) is 4.91. The largest absolute Gasteiger partial charge is 0.352 e. The smallest absolute Gasteiger partial charge is 0.242 e. The SMILES string of the molecule is O=C(NC1CC1)C(c1ccccc1)N1CCN(Cc2cccs2)CC1. The third-order valence-electron chi connectivity index (χ3n) is 5.02. The highest BCUT2D eigenvalue weighted by molar-refractivity contribution is 7.09. The minimum Gasteiger partial charge on any atom is -0.352 e. The molecule has 1 aliphatic carbocycles. The number of carbonyl (C=O) groups excluding carboxylic acids is 1. The Morgan fingerprint density at radius 1 is 1.08 bits per heavy atom. The number of nitrogens with zero attached hydrogens (tertiary/aromatic N) is 2. The maximum atomic E-state index is 12.9. The van der Waals surface area contributed by atoms with Crippen LogP contribution in [0.25, 0.3) is 0 Å². The van der Waals surface area contributed by atoms with Gasteiger partial charge in [-0.2, -0.15) is 0 Å². The summed E-state index contributed by atoms with van der Waals surface area (Å²) in [7, 11) is 0.